The van der Waals surface area contributed by atoms with Crippen LogP contribution in [-0.4, -0.2) is 16.5 Å². The molecule has 78 valence electrons. The molecule has 2 rings (SSSR count). The molecule has 6 heteroatoms. The minimum absolute atomic E-state index is 0.144. The number of nitrogens with zero attached hydrogens (tertiary/aromatic N) is 2. The summed E-state index contributed by atoms with van der Waals surface area (Å²) >= 11 is 1.21. The van der Waals surface area contributed by atoms with Crippen molar-refractivity contribution in [1.82, 2.24) is 10.2 Å². The minimum atomic E-state index is -0.716. The van der Waals surface area contributed by atoms with Crippen molar-refractivity contribution >= 4 is 11.8 Å². The highest BCUT2D eigenvalue weighted by Gasteiger charge is 2.17. The van der Waals surface area contributed by atoms with Gasteiger partial charge in [-0.3, -0.25) is 0 Å². The van der Waals surface area contributed by atoms with Crippen molar-refractivity contribution in [2.24, 2.45) is 0 Å². The highest BCUT2D eigenvalue weighted by atomic mass is 32.2. The lowest BCUT2D eigenvalue weighted by Gasteiger charge is -1.98. The van der Waals surface area contributed by atoms with Crippen LogP contribution in [0.5, 0.6) is 0 Å². The zero-order valence-corrected chi connectivity index (χ0v) is 8.52. The smallest absolute Gasteiger partial charge is 0.276 e. The topological polar surface area (TPSA) is 38.9 Å². The molecule has 0 amide bonds. The standard InChI is InChI=1S/C9H6F2N2OS/c1-15-9-13-12-8(14-9)7-5(10)3-2-4-6(7)11/h2-4H,1H3. The van der Waals surface area contributed by atoms with Crippen molar-refractivity contribution in [2.45, 2.75) is 5.22 Å². The molecule has 0 aliphatic heterocycles. The third-order valence-electron chi connectivity index (χ3n) is 1.76. The van der Waals surface area contributed by atoms with Crippen LogP contribution < -0.4 is 0 Å². The lowest BCUT2D eigenvalue weighted by Crippen LogP contribution is -1.89. The van der Waals surface area contributed by atoms with Gasteiger partial charge in [0.2, 0.25) is 0 Å². The van der Waals surface area contributed by atoms with Gasteiger partial charge in [-0.25, -0.2) is 8.78 Å². The van der Waals surface area contributed by atoms with Crippen molar-refractivity contribution in [1.29, 1.82) is 0 Å². The van der Waals surface area contributed by atoms with Crippen LogP contribution in [0.25, 0.3) is 11.5 Å². The summed E-state index contributed by atoms with van der Waals surface area (Å²) in [6, 6.07) is 3.56. The first kappa shape index (κ1) is 10.1. The predicted molar refractivity (Wildman–Crippen MR) is 51.4 cm³/mol. The van der Waals surface area contributed by atoms with Gasteiger partial charge in [0.1, 0.15) is 17.2 Å². The molecule has 1 aromatic heterocycles. The van der Waals surface area contributed by atoms with E-state index in [1.54, 1.807) is 6.26 Å². The van der Waals surface area contributed by atoms with Gasteiger partial charge in [0.05, 0.1) is 0 Å². The first-order chi connectivity index (χ1) is 7.22. The van der Waals surface area contributed by atoms with Crippen molar-refractivity contribution in [3.8, 4) is 11.5 Å². The number of halogens is 2. The van der Waals surface area contributed by atoms with E-state index in [9.17, 15) is 8.78 Å². The summed E-state index contributed by atoms with van der Waals surface area (Å²) < 4.78 is 31.6. The number of aromatic nitrogens is 2. The fourth-order valence-electron chi connectivity index (χ4n) is 1.10. The fraction of sp³-hybridized carbons (Fsp3) is 0.111. The fourth-order valence-corrected chi connectivity index (χ4v) is 1.38. The molecule has 0 radical (unpaired) electrons. The molecule has 15 heavy (non-hydrogen) atoms. The van der Waals surface area contributed by atoms with Crippen LogP contribution >= 0.6 is 11.8 Å². The number of thioether (sulfide) groups is 1. The van der Waals surface area contributed by atoms with Gasteiger partial charge in [-0.05, 0) is 18.4 Å². The van der Waals surface area contributed by atoms with Crippen LogP contribution in [0.15, 0.2) is 27.8 Å². The van der Waals surface area contributed by atoms with E-state index in [1.807, 2.05) is 0 Å². The molecule has 0 aliphatic rings. The first-order valence-corrected chi connectivity index (χ1v) is 5.26. The maximum absolute atomic E-state index is 13.3. The number of hydrogen-bond acceptors (Lipinski definition) is 4. The minimum Gasteiger partial charge on any atom is -0.411 e. The Morgan fingerprint density at radius 1 is 1.20 bits per heavy atom. The summed E-state index contributed by atoms with van der Waals surface area (Å²) in [6.07, 6.45) is 1.73. The Kier molecular flexibility index (Phi) is 2.68. The quantitative estimate of drug-likeness (QED) is 0.741. The zero-order chi connectivity index (χ0) is 10.8. The van der Waals surface area contributed by atoms with Crippen molar-refractivity contribution in [3.63, 3.8) is 0 Å². The highest BCUT2D eigenvalue weighted by Crippen LogP contribution is 2.26. The second-order valence-electron chi connectivity index (χ2n) is 2.67. The molecule has 1 aromatic carbocycles. The SMILES string of the molecule is CSc1nnc(-c2c(F)cccc2F)o1. The van der Waals surface area contributed by atoms with Gasteiger partial charge in [0.25, 0.3) is 11.1 Å². The van der Waals surface area contributed by atoms with E-state index in [2.05, 4.69) is 10.2 Å². The first-order valence-electron chi connectivity index (χ1n) is 4.04. The third kappa shape index (κ3) is 1.85. The molecular weight excluding hydrogens is 222 g/mol. The Morgan fingerprint density at radius 2 is 1.87 bits per heavy atom. The molecule has 0 saturated heterocycles. The summed E-state index contributed by atoms with van der Waals surface area (Å²) in [7, 11) is 0. The summed E-state index contributed by atoms with van der Waals surface area (Å²) in [5, 5.41) is 7.44. The molecule has 0 N–H and O–H groups in total. The van der Waals surface area contributed by atoms with Gasteiger partial charge in [-0.1, -0.05) is 17.8 Å². The third-order valence-corrected chi connectivity index (χ3v) is 2.27. The van der Waals surface area contributed by atoms with Crippen LogP contribution in [0, 0.1) is 11.6 Å². The predicted octanol–water partition coefficient (Wildman–Crippen LogP) is 2.74. The average molecular weight is 228 g/mol. The largest absolute Gasteiger partial charge is 0.411 e. The average Bonchev–Trinajstić information content (AvgIpc) is 2.66. The van der Waals surface area contributed by atoms with E-state index >= 15 is 0 Å². The molecule has 3 nitrogen and oxygen atoms in total. The maximum atomic E-state index is 13.3. The van der Waals surface area contributed by atoms with E-state index in [-0.39, 0.29) is 16.7 Å². The van der Waals surface area contributed by atoms with Gasteiger partial charge >= 0.3 is 0 Å². The Balaban J connectivity index is 2.53. The molecule has 0 spiro atoms. The lowest BCUT2D eigenvalue weighted by atomic mass is 10.2. The summed E-state index contributed by atoms with van der Waals surface area (Å²) in [5.41, 5.74) is -0.287. The number of benzene rings is 1. The van der Waals surface area contributed by atoms with Gasteiger partial charge in [0, 0.05) is 0 Å². The monoisotopic (exact) mass is 228 g/mol. The Bertz CT molecular complexity index is 466. The van der Waals surface area contributed by atoms with Crippen LogP contribution in [-0.2, 0) is 0 Å². The van der Waals surface area contributed by atoms with Crippen LogP contribution in [0.3, 0.4) is 0 Å². The normalized spacial score (nSPS) is 10.6. The second kappa shape index (κ2) is 3.98. The van der Waals surface area contributed by atoms with Gasteiger partial charge < -0.3 is 4.42 Å². The second-order valence-corrected chi connectivity index (χ2v) is 3.43. The van der Waals surface area contributed by atoms with E-state index in [1.165, 1.54) is 17.8 Å². The lowest BCUT2D eigenvalue weighted by molar-refractivity contribution is 0.459. The number of hydrogen-bond donors (Lipinski definition) is 0. The van der Waals surface area contributed by atoms with Gasteiger partial charge in [-0.15, -0.1) is 10.2 Å². The van der Waals surface area contributed by atoms with Crippen molar-refractivity contribution < 1.29 is 13.2 Å². The van der Waals surface area contributed by atoms with Gasteiger partial charge in [-0.2, -0.15) is 0 Å². The molecule has 1 heterocycles. The van der Waals surface area contributed by atoms with Crippen molar-refractivity contribution in [2.75, 3.05) is 6.26 Å². The van der Waals surface area contributed by atoms with E-state index in [4.69, 9.17) is 4.42 Å². The van der Waals surface area contributed by atoms with Crippen LogP contribution in [0.1, 0.15) is 0 Å². The summed E-state index contributed by atoms with van der Waals surface area (Å²) in [4.78, 5) is 0. The summed E-state index contributed by atoms with van der Waals surface area (Å²) in [6.45, 7) is 0. The molecular formula is C9H6F2N2OS. The Hall–Kier alpha value is -1.43. The Labute approximate surface area is 88.5 Å². The van der Waals surface area contributed by atoms with E-state index in [0.717, 1.165) is 12.1 Å². The molecule has 0 bridgehead atoms. The molecule has 0 saturated carbocycles. The van der Waals surface area contributed by atoms with Crippen LogP contribution in [0.4, 0.5) is 8.78 Å². The van der Waals surface area contributed by atoms with Crippen LogP contribution in [0.2, 0.25) is 0 Å². The maximum Gasteiger partial charge on any atom is 0.276 e. The molecule has 0 atom stereocenters. The zero-order valence-electron chi connectivity index (χ0n) is 7.70. The van der Waals surface area contributed by atoms with Crippen molar-refractivity contribution in [3.05, 3.63) is 29.8 Å². The molecule has 0 fully saturated rings. The van der Waals surface area contributed by atoms with E-state index in [0.29, 0.717) is 0 Å². The number of rotatable bonds is 2. The molecule has 0 aliphatic carbocycles. The van der Waals surface area contributed by atoms with Gasteiger partial charge in [0.15, 0.2) is 0 Å². The van der Waals surface area contributed by atoms with E-state index < -0.39 is 11.6 Å². The highest BCUT2D eigenvalue weighted by molar-refractivity contribution is 7.98. The Morgan fingerprint density at radius 3 is 2.40 bits per heavy atom. The summed E-state index contributed by atoms with van der Waals surface area (Å²) in [5.74, 6) is -1.58. The molecule has 2 aromatic rings. The molecule has 0 unspecified atom stereocenters.